The van der Waals surface area contributed by atoms with Crippen LogP contribution in [0, 0.1) is 0 Å². The minimum atomic E-state index is -2.50. The maximum atomic E-state index is 9.95. The van der Waals surface area contributed by atoms with E-state index in [0.717, 1.165) is 10.0 Å². The summed E-state index contributed by atoms with van der Waals surface area (Å²) in [5.41, 5.74) is -1.10. The van der Waals surface area contributed by atoms with Gasteiger partial charge in [0.25, 0.3) is 8.32 Å². The number of rotatable bonds is 11. The zero-order valence-corrected chi connectivity index (χ0v) is 24.5. The van der Waals surface area contributed by atoms with Gasteiger partial charge in [0.15, 0.2) is 0 Å². The maximum absolute atomic E-state index is 9.95. The van der Waals surface area contributed by atoms with Crippen molar-refractivity contribution in [3.8, 4) is 0 Å². The molecule has 0 amide bonds. The van der Waals surface area contributed by atoms with Crippen molar-refractivity contribution >= 4 is 41.3 Å². The van der Waals surface area contributed by atoms with Crippen molar-refractivity contribution in [3.63, 3.8) is 0 Å². The van der Waals surface area contributed by atoms with Crippen LogP contribution in [0.3, 0.4) is 0 Å². The molecule has 0 heterocycles. The van der Waals surface area contributed by atoms with Crippen LogP contribution in [0.15, 0.2) is 70.3 Å². The van der Waals surface area contributed by atoms with Gasteiger partial charge in [-0.05, 0) is 78.5 Å². The van der Waals surface area contributed by atoms with Gasteiger partial charge < -0.3 is 14.3 Å². The van der Waals surface area contributed by atoms with Gasteiger partial charge in [0, 0.05) is 10.2 Å². The second-order valence-electron chi connectivity index (χ2n) is 10.8. The molecule has 0 bridgehead atoms. The van der Waals surface area contributed by atoms with Crippen LogP contribution in [0.5, 0.6) is 0 Å². The fourth-order valence-electron chi connectivity index (χ4n) is 4.03. The highest BCUT2D eigenvalue weighted by atomic mass is 127. The van der Waals surface area contributed by atoms with Crippen LogP contribution in [0.25, 0.3) is 0 Å². The zero-order valence-electron chi connectivity index (χ0n) is 21.3. The fourth-order valence-corrected chi connectivity index (χ4v) is 9.08. The third kappa shape index (κ3) is 7.75. The second kappa shape index (κ2) is 11.6. The first kappa shape index (κ1) is 28.2. The predicted molar refractivity (Wildman–Crippen MR) is 151 cm³/mol. The Bertz CT molecular complexity index is 841. The summed E-state index contributed by atoms with van der Waals surface area (Å²) in [6, 6.07) is 21.5. The average Bonchev–Trinajstić information content (AvgIpc) is 2.73. The quantitative estimate of drug-likeness (QED) is 0.195. The highest BCUT2D eigenvalue weighted by molar-refractivity contribution is 14.1. The van der Waals surface area contributed by atoms with E-state index in [1.54, 1.807) is 0 Å². The Kier molecular flexibility index (Phi) is 9.95. The summed E-state index contributed by atoms with van der Waals surface area (Å²) >= 11 is 2.37. The van der Waals surface area contributed by atoms with Crippen molar-refractivity contribution in [2.45, 2.75) is 77.5 Å². The molecule has 0 aliphatic carbocycles. The van der Waals surface area contributed by atoms with Crippen LogP contribution in [0.1, 0.15) is 61.3 Å². The monoisotopic (exact) mass is 580 g/mol. The Morgan fingerprint density at radius 2 is 1.33 bits per heavy atom. The third-order valence-electron chi connectivity index (χ3n) is 5.93. The summed E-state index contributed by atoms with van der Waals surface area (Å²) in [5.74, 6) is 0. The van der Waals surface area contributed by atoms with Gasteiger partial charge in [0.05, 0.1) is 17.8 Å². The first-order valence-corrected chi connectivity index (χ1v) is 14.8. The van der Waals surface area contributed by atoms with Crippen LogP contribution >= 0.6 is 22.6 Å². The van der Waals surface area contributed by atoms with E-state index in [4.69, 9.17) is 9.16 Å². The molecule has 0 saturated heterocycles. The van der Waals surface area contributed by atoms with E-state index in [1.807, 2.05) is 13.8 Å². The lowest BCUT2D eigenvalue weighted by Crippen LogP contribution is -2.66. The second-order valence-corrected chi connectivity index (χ2v) is 16.2. The number of halogens is 1. The molecule has 182 valence electrons. The van der Waals surface area contributed by atoms with E-state index in [9.17, 15) is 5.11 Å². The van der Waals surface area contributed by atoms with Crippen LogP contribution in [0.2, 0.25) is 5.04 Å². The van der Waals surface area contributed by atoms with E-state index in [1.165, 1.54) is 10.4 Å². The van der Waals surface area contributed by atoms with Gasteiger partial charge in [0.2, 0.25) is 0 Å². The number of hydrogen-bond acceptors (Lipinski definition) is 3. The Morgan fingerprint density at radius 1 is 0.848 bits per heavy atom. The summed E-state index contributed by atoms with van der Waals surface area (Å²) in [5, 5.41) is 12.5. The smallest absolute Gasteiger partial charge is 0.261 e. The standard InChI is InChI=1S/C28H41IO3Si/c1-26(2,3)33(23-15-10-8-11-16-23,24-17-12-9-13-18-24)32-21-14-19-25(29)28(6,7)31-22-20-27(4,5)30/h8-13,15-19,30H,14,20-22H2,1-7H3/b25-19-. The molecule has 0 aliphatic heterocycles. The van der Waals surface area contributed by atoms with Crippen molar-refractivity contribution in [3.05, 3.63) is 70.3 Å². The van der Waals surface area contributed by atoms with E-state index in [-0.39, 0.29) is 10.6 Å². The van der Waals surface area contributed by atoms with Gasteiger partial charge in [-0.2, -0.15) is 0 Å². The first-order valence-electron chi connectivity index (χ1n) is 11.8. The van der Waals surface area contributed by atoms with Crippen molar-refractivity contribution < 1.29 is 14.3 Å². The van der Waals surface area contributed by atoms with Gasteiger partial charge in [-0.3, -0.25) is 0 Å². The molecule has 0 aliphatic rings. The lowest BCUT2D eigenvalue weighted by Gasteiger charge is -2.43. The predicted octanol–water partition coefficient (Wildman–Crippen LogP) is 6.23. The Labute approximate surface area is 215 Å². The van der Waals surface area contributed by atoms with E-state index >= 15 is 0 Å². The van der Waals surface area contributed by atoms with Gasteiger partial charge in [0.1, 0.15) is 0 Å². The van der Waals surface area contributed by atoms with Crippen molar-refractivity contribution in [1.29, 1.82) is 0 Å². The fraction of sp³-hybridized carbons (Fsp3) is 0.500. The third-order valence-corrected chi connectivity index (χ3v) is 12.7. The zero-order chi connectivity index (χ0) is 24.8. The molecular formula is C28H41IO3Si. The summed E-state index contributed by atoms with van der Waals surface area (Å²) in [6.07, 6.45) is 3.65. The molecule has 2 aromatic carbocycles. The molecule has 2 aromatic rings. The molecule has 0 aromatic heterocycles. The highest BCUT2D eigenvalue weighted by Gasteiger charge is 2.49. The lowest BCUT2D eigenvalue weighted by atomic mass is 10.1. The maximum Gasteiger partial charge on any atom is 0.261 e. The van der Waals surface area contributed by atoms with Crippen molar-refractivity contribution in [2.24, 2.45) is 0 Å². The molecule has 0 radical (unpaired) electrons. The van der Waals surface area contributed by atoms with Crippen LogP contribution in [0.4, 0.5) is 0 Å². The summed E-state index contributed by atoms with van der Waals surface area (Å²) in [7, 11) is -2.50. The Hall–Kier alpha value is -0.993. The number of benzene rings is 2. The SMILES string of the molecule is CC(C)(O)CCOC(C)(C)/C(I)=C/CCO[Si](c1ccccc1)(c1ccccc1)C(C)(C)C. The van der Waals surface area contributed by atoms with Crippen molar-refractivity contribution in [2.75, 3.05) is 13.2 Å². The molecule has 3 nitrogen and oxygen atoms in total. The van der Waals surface area contributed by atoms with E-state index < -0.39 is 13.9 Å². The Morgan fingerprint density at radius 3 is 1.76 bits per heavy atom. The van der Waals surface area contributed by atoms with E-state index in [0.29, 0.717) is 19.6 Å². The van der Waals surface area contributed by atoms with Gasteiger partial charge in [-0.15, -0.1) is 0 Å². The summed E-state index contributed by atoms with van der Waals surface area (Å²) in [4.78, 5) is 0. The molecular weight excluding hydrogens is 539 g/mol. The summed E-state index contributed by atoms with van der Waals surface area (Å²) in [6.45, 7) is 15.9. The molecule has 0 saturated carbocycles. The normalized spacial score (nSPS) is 13.9. The van der Waals surface area contributed by atoms with E-state index in [2.05, 4.69) is 124 Å². The number of aliphatic hydroxyl groups is 1. The van der Waals surface area contributed by atoms with Gasteiger partial charge in [-0.25, -0.2) is 0 Å². The van der Waals surface area contributed by atoms with Crippen LogP contribution in [-0.2, 0) is 9.16 Å². The molecule has 0 unspecified atom stereocenters. The average molecular weight is 581 g/mol. The van der Waals surface area contributed by atoms with Crippen molar-refractivity contribution in [1.82, 2.24) is 0 Å². The molecule has 0 atom stereocenters. The number of ether oxygens (including phenoxy) is 1. The molecule has 33 heavy (non-hydrogen) atoms. The first-order chi connectivity index (χ1) is 15.3. The molecule has 5 heteroatoms. The van der Waals surface area contributed by atoms with Gasteiger partial charge >= 0.3 is 0 Å². The minimum absolute atomic E-state index is 0.0218. The minimum Gasteiger partial charge on any atom is -0.407 e. The lowest BCUT2D eigenvalue weighted by molar-refractivity contribution is -0.0219. The molecule has 2 rings (SSSR count). The molecule has 1 N–H and O–H groups in total. The molecule has 0 fully saturated rings. The highest BCUT2D eigenvalue weighted by Crippen LogP contribution is 2.37. The summed E-state index contributed by atoms with van der Waals surface area (Å²) < 4.78 is 14.2. The van der Waals surface area contributed by atoms with Gasteiger partial charge in [-0.1, -0.05) is 87.5 Å². The number of hydrogen-bond donors (Lipinski definition) is 1. The largest absolute Gasteiger partial charge is 0.407 e. The van der Waals surface area contributed by atoms with Crippen LogP contribution in [-0.4, -0.2) is 37.8 Å². The molecule has 0 spiro atoms. The topological polar surface area (TPSA) is 38.7 Å². The van der Waals surface area contributed by atoms with Crippen LogP contribution < -0.4 is 10.4 Å². The Balaban J connectivity index is 2.20.